The summed E-state index contributed by atoms with van der Waals surface area (Å²) in [5.41, 5.74) is 0. The summed E-state index contributed by atoms with van der Waals surface area (Å²) >= 11 is 1.74. The molecule has 0 N–H and O–H groups in total. The van der Waals surface area contributed by atoms with Crippen LogP contribution < -0.4 is 4.90 Å². The Hall–Kier alpha value is -2.55. The minimum atomic E-state index is 0.245. The molecule has 1 aliphatic rings. The van der Waals surface area contributed by atoms with Gasteiger partial charge in [0.2, 0.25) is 5.91 Å². The molecule has 0 saturated carbocycles. The Kier molecular flexibility index (Phi) is 5.80. The number of aromatic nitrogens is 5. The number of nitrogens with zero attached hydrogens (tertiary/aromatic N) is 7. The van der Waals surface area contributed by atoms with Gasteiger partial charge in [-0.2, -0.15) is 0 Å². The molecule has 3 aromatic heterocycles. The van der Waals surface area contributed by atoms with Crippen LogP contribution in [0.5, 0.6) is 0 Å². The molecule has 0 spiro atoms. The Labute approximate surface area is 168 Å². The number of fused-ring (bicyclic) bond motifs is 1. The molecule has 0 unspecified atom stereocenters. The van der Waals surface area contributed by atoms with Crippen LogP contribution in [0.2, 0.25) is 0 Å². The predicted molar refractivity (Wildman–Crippen MR) is 109 cm³/mol. The Balaban J connectivity index is 1.28. The Morgan fingerprint density at radius 2 is 2.04 bits per heavy atom. The monoisotopic (exact) mass is 399 g/mol. The minimum Gasteiger partial charge on any atom is -0.352 e. The number of carbonyl (C=O) groups excluding carboxylic acids is 1. The van der Waals surface area contributed by atoms with E-state index >= 15 is 0 Å². The summed E-state index contributed by atoms with van der Waals surface area (Å²) in [5, 5.41) is 8.87. The lowest BCUT2D eigenvalue weighted by Crippen LogP contribution is -2.49. The van der Waals surface area contributed by atoms with Gasteiger partial charge in [0.05, 0.1) is 11.6 Å². The minimum absolute atomic E-state index is 0.245. The third-order valence-electron chi connectivity index (χ3n) is 5.14. The highest BCUT2D eigenvalue weighted by molar-refractivity contribution is 7.18. The normalized spacial score (nSPS) is 14.8. The fraction of sp³-hybridized carbons (Fsp3) is 0.526. The average molecular weight is 400 g/mol. The number of thiophene rings is 1. The summed E-state index contributed by atoms with van der Waals surface area (Å²) in [6.45, 7) is 6.10. The van der Waals surface area contributed by atoms with Crippen LogP contribution in [-0.4, -0.2) is 61.9 Å². The van der Waals surface area contributed by atoms with Crippen molar-refractivity contribution in [2.45, 2.75) is 39.2 Å². The van der Waals surface area contributed by atoms with Gasteiger partial charge in [0, 0.05) is 50.2 Å². The van der Waals surface area contributed by atoms with Gasteiger partial charge in [-0.3, -0.25) is 9.48 Å². The second-order valence-electron chi connectivity index (χ2n) is 6.97. The smallest absolute Gasteiger partial charge is 0.222 e. The van der Waals surface area contributed by atoms with Crippen LogP contribution in [0.4, 0.5) is 5.82 Å². The van der Waals surface area contributed by atoms with Crippen LogP contribution in [0.1, 0.15) is 31.1 Å². The molecule has 1 saturated heterocycles. The third kappa shape index (κ3) is 4.14. The van der Waals surface area contributed by atoms with Crippen molar-refractivity contribution < 1.29 is 4.79 Å². The molecule has 0 bridgehead atoms. The van der Waals surface area contributed by atoms with Crippen molar-refractivity contribution in [1.82, 2.24) is 29.9 Å². The third-order valence-corrected chi connectivity index (χ3v) is 6.33. The number of carbonyl (C=O) groups is 1. The second-order valence-corrected chi connectivity index (χ2v) is 8.09. The standard InChI is InChI=1S/C19H25N7OS/c1-2-15-13-16-18(20-14-21-19(16)28-15)25-11-9-24(10-12-25)17(27)5-3-4-7-26-8-6-22-23-26/h6,8,13-14H,2-5,7,9-12H2,1H3. The molecule has 1 aliphatic heterocycles. The summed E-state index contributed by atoms with van der Waals surface area (Å²) in [7, 11) is 0. The van der Waals surface area contributed by atoms with Crippen molar-refractivity contribution in [3.05, 3.63) is 29.7 Å². The zero-order valence-corrected chi connectivity index (χ0v) is 16.9. The number of hydrogen-bond donors (Lipinski definition) is 0. The fourth-order valence-electron chi connectivity index (χ4n) is 3.55. The highest BCUT2D eigenvalue weighted by Gasteiger charge is 2.23. The van der Waals surface area contributed by atoms with Gasteiger partial charge in [0.1, 0.15) is 17.0 Å². The van der Waals surface area contributed by atoms with E-state index in [1.165, 1.54) is 4.88 Å². The van der Waals surface area contributed by atoms with E-state index in [2.05, 4.69) is 38.2 Å². The first-order valence-electron chi connectivity index (χ1n) is 9.85. The topological polar surface area (TPSA) is 80.0 Å². The Bertz CT molecular complexity index is 916. The van der Waals surface area contributed by atoms with Gasteiger partial charge in [-0.05, 0) is 25.3 Å². The molecule has 0 radical (unpaired) electrons. The summed E-state index contributed by atoms with van der Waals surface area (Å²) in [6.07, 6.45) is 8.60. The van der Waals surface area contributed by atoms with Gasteiger partial charge >= 0.3 is 0 Å². The van der Waals surface area contributed by atoms with Crippen molar-refractivity contribution in [2.24, 2.45) is 0 Å². The van der Waals surface area contributed by atoms with Crippen LogP contribution in [0.15, 0.2) is 24.8 Å². The maximum absolute atomic E-state index is 12.5. The lowest BCUT2D eigenvalue weighted by Gasteiger charge is -2.35. The first kappa shape index (κ1) is 18.8. The zero-order valence-electron chi connectivity index (χ0n) is 16.1. The van der Waals surface area contributed by atoms with E-state index in [0.29, 0.717) is 6.42 Å². The first-order valence-corrected chi connectivity index (χ1v) is 10.7. The summed E-state index contributed by atoms with van der Waals surface area (Å²) in [5.74, 6) is 1.25. The molecule has 28 heavy (non-hydrogen) atoms. The van der Waals surface area contributed by atoms with E-state index in [1.54, 1.807) is 28.5 Å². The van der Waals surface area contributed by atoms with Gasteiger partial charge in [0.15, 0.2) is 0 Å². The van der Waals surface area contributed by atoms with Crippen LogP contribution >= 0.6 is 11.3 Å². The van der Waals surface area contributed by atoms with Gasteiger partial charge in [0.25, 0.3) is 0 Å². The summed E-state index contributed by atoms with van der Waals surface area (Å²) in [4.78, 5) is 28.1. The largest absolute Gasteiger partial charge is 0.352 e. The lowest BCUT2D eigenvalue weighted by molar-refractivity contribution is -0.131. The Morgan fingerprint density at radius 1 is 1.18 bits per heavy atom. The fourth-order valence-corrected chi connectivity index (χ4v) is 4.48. The highest BCUT2D eigenvalue weighted by Crippen LogP contribution is 2.31. The van der Waals surface area contributed by atoms with Crippen molar-refractivity contribution >= 4 is 33.3 Å². The quantitative estimate of drug-likeness (QED) is 0.568. The van der Waals surface area contributed by atoms with E-state index < -0.39 is 0 Å². The lowest BCUT2D eigenvalue weighted by atomic mass is 10.2. The number of unbranched alkanes of at least 4 members (excludes halogenated alkanes) is 1. The summed E-state index contributed by atoms with van der Waals surface area (Å²) in [6, 6.07) is 2.21. The number of rotatable bonds is 7. The van der Waals surface area contributed by atoms with Gasteiger partial charge in [-0.25, -0.2) is 9.97 Å². The van der Waals surface area contributed by atoms with Crippen LogP contribution in [0.25, 0.3) is 10.2 Å². The number of hydrogen-bond acceptors (Lipinski definition) is 7. The molecule has 0 aromatic carbocycles. The van der Waals surface area contributed by atoms with Gasteiger partial charge in [-0.1, -0.05) is 12.1 Å². The molecular weight excluding hydrogens is 374 g/mol. The molecule has 1 fully saturated rings. The van der Waals surface area contributed by atoms with Crippen molar-refractivity contribution in [2.75, 3.05) is 31.1 Å². The average Bonchev–Trinajstić information content (AvgIpc) is 3.40. The first-order chi connectivity index (χ1) is 13.7. The number of amides is 1. The van der Waals surface area contributed by atoms with E-state index in [4.69, 9.17) is 0 Å². The van der Waals surface area contributed by atoms with Crippen molar-refractivity contribution in [1.29, 1.82) is 0 Å². The predicted octanol–water partition coefficient (Wildman–Crippen LogP) is 2.36. The maximum Gasteiger partial charge on any atom is 0.222 e. The molecular formula is C19H25N7OS. The zero-order chi connectivity index (χ0) is 19.3. The van der Waals surface area contributed by atoms with Crippen LogP contribution in [0, 0.1) is 0 Å². The van der Waals surface area contributed by atoms with Crippen molar-refractivity contribution in [3.8, 4) is 0 Å². The second kappa shape index (κ2) is 8.64. The molecule has 148 valence electrons. The molecule has 9 heteroatoms. The van der Waals surface area contributed by atoms with Crippen LogP contribution in [-0.2, 0) is 17.8 Å². The van der Waals surface area contributed by atoms with E-state index in [0.717, 1.165) is 68.0 Å². The molecule has 4 rings (SSSR count). The molecule has 0 atom stereocenters. The SMILES string of the molecule is CCc1cc2c(N3CCN(C(=O)CCCCn4ccnn4)CC3)ncnc2s1. The van der Waals surface area contributed by atoms with E-state index in [9.17, 15) is 4.79 Å². The van der Waals surface area contributed by atoms with Crippen molar-refractivity contribution in [3.63, 3.8) is 0 Å². The van der Waals surface area contributed by atoms with E-state index in [1.807, 2.05) is 11.1 Å². The number of aryl methyl sites for hydroxylation is 2. The number of anilines is 1. The molecule has 0 aliphatic carbocycles. The van der Waals surface area contributed by atoms with E-state index in [-0.39, 0.29) is 5.91 Å². The Morgan fingerprint density at radius 3 is 2.79 bits per heavy atom. The van der Waals surface area contributed by atoms with Gasteiger partial charge < -0.3 is 9.80 Å². The van der Waals surface area contributed by atoms with Gasteiger partial charge in [-0.15, -0.1) is 16.4 Å². The van der Waals surface area contributed by atoms with Crippen LogP contribution in [0.3, 0.4) is 0 Å². The summed E-state index contributed by atoms with van der Waals surface area (Å²) < 4.78 is 1.81. The maximum atomic E-state index is 12.5. The highest BCUT2D eigenvalue weighted by atomic mass is 32.1. The molecule has 8 nitrogen and oxygen atoms in total. The molecule has 3 aromatic rings. The number of piperazine rings is 1. The molecule has 1 amide bonds. The molecule has 4 heterocycles.